The molecule has 1 aliphatic rings. The number of nitrogens with one attached hydrogen (secondary N) is 1. The Hall–Kier alpha value is -1.00. The van der Waals surface area contributed by atoms with E-state index in [1.807, 2.05) is 18.2 Å². The van der Waals surface area contributed by atoms with Crippen LogP contribution >= 0.6 is 11.8 Å². The largest absolute Gasteiger partial charge is 0.366 e. The van der Waals surface area contributed by atoms with Gasteiger partial charge in [0.15, 0.2) is 0 Å². The second kappa shape index (κ2) is 6.96. The number of nitrogens with two attached hydrogens (primary N) is 1. The fourth-order valence-corrected chi connectivity index (χ4v) is 3.88. The van der Waals surface area contributed by atoms with Crippen molar-refractivity contribution in [2.45, 2.75) is 44.0 Å². The highest BCUT2D eigenvalue weighted by Crippen LogP contribution is 2.30. The highest BCUT2D eigenvalue weighted by Gasteiger charge is 2.26. The van der Waals surface area contributed by atoms with Gasteiger partial charge >= 0.3 is 0 Å². The number of rotatable bonds is 6. The second-order valence-corrected chi connectivity index (χ2v) is 6.49. The summed E-state index contributed by atoms with van der Waals surface area (Å²) in [5.74, 6) is 0.821. The van der Waals surface area contributed by atoms with Gasteiger partial charge in [0.1, 0.15) is 0 Å². The topological polar surface area (TPSA) is 55.1 Å². The molecule has 4 heteroatoms. The molecule has 0 radical (unpaired) electrons. The van der Waals surface area contributed by atoms with Crippen LogP contribution in [0.15, 0.2) is 24.3 Å². The minimum atomic E-state index is -0.359. The lowest BCUT2D eigenvalue weighted by Gasteiger charge is -2.20. The normalized spacial score (nSPS) is 22.6. The van der Waals surface area contributed by atoms with Crippen LogP contribution in [-0.2, 0) is 6.54 Å². The summed E-state index contributed by atoms with van der Waals surface area (Å²) in [5.41, 5.74) is 7.02. The average Bonchev–Trinajstić information content (AvgIpc) is 2.85. The van der Waals surface area contributed by atoms with Crippen molar-refractivity contribution in [3.63, 3.8) is 0 Å². The van der Waals surface area contributed by atoms with Crippen molar-refractivity contribution in [3.05, 3.63) is 35.4 Å². The molecule has 104 valence electrons. The molecule has 0 saturated heterocycles. The van der Waals surface area contributed by atoms with Gasteiger partial charge in [-0.05, 0) is 36.3 Å². The summed E-state index contributed by atoms with van der Waals surface area (Å²) >= 11 is 2.05. The van der Waals surface area contributed by atoms with E-state index in [4.69, 9.17) is 5.73 Å². The zero-order chi connectivity index (χ0) is 13.7. The molecule has 0 aliphatic heterocycles. The molecule has 1 aliphatic carbocycles. The summed E-state index contributed by atoms with van der Waals surface area (Å²) in [6.07, 6.45) is 3.89. The third-order valence-corrected chi connectivity index (χ3v) is 4.94. The van der Waals surface area contributed by atoms with E-state index < -0.39 is 0 Å². The van der Waals surface area contributed by atoms with Crippen LogP contribution in [0.5, 0.6) is 0 Å². The predicted octanol–water partition coefficient (Wildman–Crippen LogP) is 2.55. The Morgan fingerprint density at radius 3 is 3.05 bits per heavy atom. The van der Waals surface area contributed by atoms with E-state index in [1.165, 1.54) is 25.0 Å². The van der Waals surface area contributed by atoms with E-state index in [0.717, 1.165) is 17.4 Å². The first-order chi connectivity index (χ1) is 9.20. The molecule has 0 spiro atoms. The van der Waals surface area contributed by atoms with E-state index in [0.29, 0.717) is 11.6 Å². The van der Waals surface area contributed by atoms with Gasteiger partial charge in [-0.15, -0.1) is 0 Å². The number of hydrogen-bond donors (Lipinski definition) is 2. The molecular formula is C15H22N2OS. The van der Waals surface area contributed by atoms with E-state index in [-0.39, 0.29) is 5.91 Å². The van der Waals surface area contributed by atoms with Crippen LogP contribution in [-0.4, -0.2) is 23.0 Å². The van der Waals surface area contributed by atoms with Crippen molar-refractivity contribution in [1.29, 1.82) is 0 Å². The Morgan fingerprint density at radius 2 is 2.32 bits per heavy atom. The Balaban J connectivity index is 1.91. The molecule has 1 aromatic carbocycles. The average molecular weight is 278 g/mol. The smallest absolute Gasteiger partial charge is 0.248 e. The van der Waals surface area contributed by atoms with Gasteiger partial charge in [-0.1, -0.05) is 25.5 Å². The van der Waals surface area contributed by atoms with Gasteiger partial charge < -0.3 is 11.1 Å². The van der Waals surface area contributed by atoms with Gasteiger partial charge in [-0.25, -0.2) is 0 Å². The summed E-state index contributed by atoms with van der Waals surface area (Å²) in [6, 6.07) is 8.17. The molecule has 1 saturated carbocycles. The van der Waals surface area contributed by atoms with Gasteiger partial charge in [-0.2, -0.15) is 11.8 Å². The molecule has 3 N–H and O–H groups in total. The molecule has 1 fully saturated rings. The van der Waals surface area contributed by atoms with Crippen molar-refractivity contribution in [2.24, 2.45) is 5.73 Å². The first-order valence-electron chi connectivity index (χ1n) is 6.94. The molecule has 19 heavy (non-hydrogen) atoms. The van der Waals surface area contributed by atoms with Crippen molar-refractivity contribution in [2.75, 3.05) is 5.75 Å². The summed E-state index contributed by atoms with van der Waals surface area (Å²) in [7, 11) is 0. The number of benzene rings is 1. The van der Waals surface area contributed by atoms with Crippen LogP contribution in [0.25, 0.3) is 0 Å². The number of thioether (sulfide) groups is 1. The lowest BCUT2D eigenvalue weighted by molar-refractivity contribution is 0.1000. The lowest BCUT2D eigenvalue weighted by atomic mass is 10.1. The molecule has 2 rings (SSSR count). The zero-order valence-electron chi connectivity index (χ0n) is 11.4. The van der Waals surface area contributed by atoms with E-state index in [2.05, 4.69) is 24.0 Å². The standard InChI is InChI=1S/C15H22N2OS/c1-2-19-14-8-4-7-13(14)17-10-11-5-3-6-12(9-11)15(16)18/h3,5-6,9,13-14,17H,2,4,7-8,10H2,1H3,(H2,16,18). The van der Waals surface area contributed by atoms with Crippen LogP contribution in [0.4, 0.5) is 0 Å². The summed E-state index contributed by atoms with van der Waals surface area (Å²) in [5, 5.41) is 4.37. The Kier molecular flexibility index (Phi) is 5.28. The number of carbonyl (C=O) groups excluding carboxylic acids is 1. The fraction of sp³-hybridized carbons (Fsp3) is 0.533. The van der Waals surface area contributed by atoms with Crippen LogP contribution in [0.3, 0.4) is 0 Å². The number of primary amides is 1. The monoisotopic (exact) mass is 278 g/mol. The lowest BCUT2D eigenvalue weighted by Crippen LogP contribution is -2.33. The predicted molar refractivity (Wildman–Crippen MR) is 81.4 cm³/mol. The van der Waals surface area contributed by atoms with Crippen molar-refractivity contribution >= 4 is 17.7 Å². The Bertz CT molecular complexity index is 436. The van der Waals surface area contributed by atoms with E-state index >= 15 is 0 Å². The van der Waals surface area contributed by atoms with Crippen LogP contribution in [0.2, 0.25) is 0 Å². The number of hydrogen-bond acceptors (Lipinski definition) is 3. The van der Waals surface area contributed by atoms with Gasteiger partial charge in [0.25, 0.3) is 0 Å². The molecular weight excluding hydrogens is 256 g/mol. The Labute approximate surface area is 119 Å². The zero-order valence-corrected chi connectivity index (χ0v) is 12.2. The minimum Gasteiger partial charge on any atom is -0.366 e. The first-order valence-corrected chi connectivity index (χ1v) is 7.99. The maximum absolute atomic E-state index is 11.1. The second-order valence-electron chi connectivity index (χ2n) is 4.98. The minimum absolute atomic E-state index is 0.359. The maximum Gasteiger partial charge on any atom is 0.248 e. The SMILES string of the molecule is CCSC1CCCC1NCc1cccc(C(N)=O)c1. The fourth-order valence-electron chi connectivity index (χ4n) is 2.66. The van der Waals surface area contributed by atoms with Crippen molar-refractivity contribution < 1.29 is 4.79 Å². The third-order valence-electron chi connectivity index (χ3n) is 3.61. The van der Waals surface area contributed by atoms with Crippen LogP contribution in [0, 0.1) is 0 Å². The van der Waals surface area contributed by atoms with E-state index in [1.54, 1.807) is 6.07 Å². The third kappa shape index (κ3) is 3.98. The molecule has 0 heterocycles. The van der Waals surface area contributed by atoms with Crippen LogP contribution < -0.4 is 11.1 Å². The molecule has 3 nitrogen and oxygen atoms in total. The maximum atomic E-state index is 11.1. The van der Waals surface area contributed by atoms with Gasteiger partial charge in [-0.3, -0.25) is 4.79 Å². The van der Waals surface area contributed by atoms with Gasteiger partial charge in [0.2, 0.25) is 5.91 Å². The molecule has 0 aromatic heterocycles. The van der Waals surface area contributed by atoms with Crippen molar-refractivity contribution in [1.82, 2.24) is 5.32 Å². The highest BCUT2D eigenvalue weighted by atomic mass is 32.2. The molecule has 2 atom stereocenters. The van der Waals surface area contributed by atoms with E-state index in [9.17, 15) is 4.79 Å². The quantitative estimate of drug-likeness (QED) is 0.841. The molecule has 1 aromatic rings. The Morgan fingerprint density at radius 1 is 1.47 bits per heavy atom. The first kappa shape index (κ1) is 14.4. The highest BCUT2D eigenvalue weighted by molar-refractivity contribution is 7.99. The summed E-state index contributed by atoms with van der Waals surface area (Å²) in [4.78, 5) is 11.1. The number of carbonyl (C=O) groups is 1. The molecule has 2 unspecified atom stereocenters. The van der Waals surface area contributed by atoms with Crippen LogP contribution in [0.1, 0.15) is 42.1 Å². The molecule has 1 amide bonds. The summed E-state index contributed by atoms with van der Waals surface area (Å²) < 4.78 is 0. The molecule has 0 bridgehead atoms. The van der Waals surface area contributed by atoms with Crippen molar-refractivity contribution in [3.8, 4) is 0 Å². The summed E-state index contributed by atoms with van der Waals surface area (Å²) in [6.45, 7) is 3.03. The number of amides is 1. The van der Waals surface area contributed by atoms with Gasteiger partial charge in [0.05, 0.1) is 0 Å². The van der Waals surface area contributed by atoms with Gasteiger partial charge in [0, 0.05) is 23.4 Å².